The zero-order valence-electron chi connectivity index (χ0n) is 16.8. The van der Waals surface area contributed by atoms with Gasteiger partial charge in [0.2, 0.25) is 5.91 Å². The fourth-order valence-corrected chi connectivity index (χ4v) is 4.10. The van der Waals surface area contributed by atoms with Gasteiger partial charge >= 0.3 is 0 Å². The van der Waals surface area contributed by atoms with Gasteiger partial charge in [-0.05, 0) is 29.0 Å². The van der Waals surface area contributed by atoms with Crippen molar-refractivity contribution in [3.63, 3.8) is 0 Å². The molecule has 5 heteroatoms. The predicted octanol–water partition coefficient (Wildman–Crippen LogP) is 5.19. The van der Waals surface area contributed by atoms with E-state index in [-0.39, 0.29) is 11.7 Å². The van der Waals surface area contributed by atoms with Crippen LogP contribution in [0.15, 0.2) is 90.0 Å². The number of nitrogens with one attached hydrogen (secondary N) is 1. The normalized spacial score (nSPS) is 11.6. The van der Waals surface area contributed by atoms with Gasteiger partial charge < -0.3 is 9.67 Å². The van der Waals surface area contributed by atoms with Crippen LogP contribution in [0.1, 0.15) is 12.0 Å². The minimum Gasteiger partial charge on any atom is -0.507 e. The van der Waals surface area contributed by atoms with E-state index in [0.29, 0.717) is 18.5 Å². The van der Waals surface area contributed by atoms with E-state index in [4.69, 9.17) is 0 Å². The third-order valence-electron chi connectivity index (χ3n) is 5.57. The lowest BCUT2D eigenvalue weighted by molar-refractivity contribution is -0.121. The minimum absolute atomic E-state index is 0.127. The number of aryl methyl sites for hydroxylation is 1. The van der Waals surface area contributed by atoms with E-state index in [1.165, 1.54) is 17.0 Å². The summed E-state index contributed by atoms with van der Waals surface area (Å²) in [4.78, 5) is 12.4. The number of carbonyl (C=O) groups is 1. The Bertz CT molecular complexity index is 1400. The molecule has 0 aliphatic rings. The second-order valence-electron chi connectivity index (χ2n) is 7.45. The molecule has 5 nitrogen and oxygen atoms in total. The van der Waals surface area contributed by atoms with Gasteiger partial charge in [-0.3, -0.25) is 4.79 Å². The van der Waals surface area contributed by atoms with Gasteiger partial charge in [-0.25, -0.2) is 5.43 Å². The number of hydrazone groups is 1. The van der Waals surface area contributed by atoms with Crippen molar-refractivity contribution in [2.45, 2.75) is 13.0 Å². The molecule has 1 amide bonds. The summed E-state index contributed by atoms with van der Waals surface area (Å²) >= 11 is 0. The minimum atomic E-state index is -0.183. The van der Waals surface area contributed by atoms with Crippen LogP contribution in [0.25, 0.3) is 32.6 Å². The Morgan fingerprint density at radius 3 is 2.16 bits per heavy atom. The number of hydrogen-bond donors (Lipinski definition) is 2. The lowest BCUT2D eigenvalue weighted by Gasteiger charge is -2.07. The zero-order chi connectivity index (χ0) is 21.2. The maximum atomic E-state index is 12.4. The molecule has 0 bridgehead atoms. The molecule has 0 aliphatic carbocycles. The molecule has 0 saturated carbocycles. The van der Waals surface area contributed by atoms with Crippen LogP contribution in [0, 0.1) is 0 Å². The van der Waals surface area contributed by atoms with Gasteiger partial charge in [0, 0.05) is 40.3 Å². The zero-order valence-corrected chi connectivity index (χ0v) is 16.8. The second-order valence-corrected chi connectivity index (χ2v) is 7.45. The standard InChI is InChI=1S/C26H21N3O2/c30-25-14-13-18-7-1-2-8-19(18)22(25)17-27-28-26(31)15-16-29-23-11-5-3-9-20(23)21-10-4-6-12-24(21)29/h1-14,17,30H,15-16H2,(H,28,31)/b27-17-. The van der Waals surface area contributed by atoms with Crippen molar-refractivity contribution < 1.29 is 9.90 Å². The van der Waals surface area contributed by atoms with Gasteiger partial charge in [-0.2, -0.15) is 5.10 Å². The molecule has 0 saturated heterocycles. The molecule has 5 aromatic rings. The average Bonchev–Trinajstić information content (AvgIpc) is 3.13. The number of benzene rings is 4. The second kappa shape index (κ2) is 7.95. The highest BCUT2D eigenvalue weighted by molar-refractivity contribution is 6.08. The summed E-state index contributed by atoms with van der Waals surface area (Å²) < 4.78 is 2.17. The molecule has 0 radical (unpaired) electrons. The Kier molecular flexibility index (Phi) is 4.84. The van der Waals surface area contributed by atoms with Gasteiger partial charge in [-0.1, -0.05) is 66.7 Å². The number of amides is 1. The molecular formula is C26H21N3O2. The van der Waals surface area contributed by atoms with Gasteiger partial charge in [0.15, 0.2) is 0 Å². The van der Waals surface area contributed by atoms with E-state index in [2.05, 4.69) is 39.4 Å². The van der Waals surface area contributed by atoms with Crippen molar-refractivity contribution >= 4 is 44.7 Å². The maximum Gasteiger partial charge on any atom is 0.241 e. The fourth-order valence-electron chi connectivity index (χ4n) is 4.10. The summed E-state index contributed by atoms with van der Waals surface area (Å²) in [7, 11) is 0. The summed E-state index contributed by atoms with van der Waals surface area (Å²) in [5.74, 6) is -0.0557. The number of nitrogens with zero attached hydrogens (tertiary/aromatic N) is 2. The highest BCUT2D eigenvalue weighted by Crippen LogP contribution is 2.29. The number of phenolic OH excluding ortho intramolecular Hbond substituents is 1. The van der Waals surface area contributed by atoms with Crippen molar-refractivity contribution in [3.05, 3.63) is 90.5 Å². The molecule has 0 fully saturated rings. The number of hydrogen-bond acceptors (Lipinski definition) is 3. The van der Waals surface area contributed by atoms with E-state index in [0.717, 1.165) is 21.8 Å². The molecule has 31 heavy (non-hydrogen) atoms. The average molecular weight is 407 g/mol. The summed E-state index contributed by atoms with van der Waals surface area (Å²) in [6.45, 7) is 0.550. The first-order valence-corrected chi connectivity index (χ1v) is 10.2. The highest BCUT2D eigenvalue weighted by Gasteiger charge is 2.11. The molecule has 0 spiro atoms. The summed E-state index contributed by atoms with van der Waals surface area (Å²) in [5.41, 5.74) is 5.40. The number of fused-ring (bicyclic) bond motifs is 4. The molecule has 4 aromatic carbocycles. The maximum absolute atomic E-state index is 12.4. The molecule has 152 valence electrons. The molecule has 5 rings (SSSR count). The Labute approximate surface area is 179 Å². The quantitative estimate of drug-likeness (QED) is 0.311. The number of carbonyl (C=O) groups excluding carboxylic acids is 1. The van der Waals surface area contributed by atoms with E-state index >= 15 is 0 Å². The SMILES string of the molecule is O=C(CCn1c2ccccc2c2ccccc21)N/N=C\c1c(O)ccc2ccccc12. The van der Waals surface area contributed by atoms with Crippen LogP contribution in [-0.2, 0) is 11.3 Å². The monoisotopic (exact) mass is 407 g/mol. The number of aromatic hydroxyl groups is 1. The van der Waals surface area contributed by atoms with Crippen LogP contribution in [0.3, 0.4) is 0 Å². The van der Waals surface area contributed by atoms with Gasteiger partial charge in [-0.15, -0.1) is 0 Å². The fraction of sp³-hybridized carbons (Fsp3) is 0.0769. The molecule has 0 aliphatic heterocycles. The number of para-hydroxylation sites is 2. The first-order chi connectivity index (χ1) is 15.2. The van der Waals surface area contributed by atoms with Gasteiger partial charge in [0.05, 0.1) is 6.21 Å². The Morgan fingerprint density at radius 1 is 0.839 bits per heavy atom. The highest BCUT2D eigenvalue weighted by atomic mass is 16.3. The Balaban J connectivity index is 1.33. The Morgan fingerprint density at radius 2 is 1.45 bits per heavy atom. The number of phenols is 1. The van der Waals surface area contributed by atoms with E-state index in [9.17, 15) is 9.90 Å². The third kappa shape index (κ3) is 3.51. The first kappa shape index (κ1) is 18.9. The van der Waals surface area contributed by atoms with Crippen LogP contribution in [-0.4, -0.2) is 21.8 Å². The van der Waals surface area contributed by atoms with Gasteiger partial charge in [0.1, 0.15) is 5.75 Å². The molecule has 0 atom stereocenters. The largest absolute Gasteiger partial charge is 0.507 e. The molecular weight excluding hydrogens is 386 g/mol. The molecule has 1 aromatic heterocycles. The predicted molar refractivity (Wildman–Crippen MR) is 125 cm³/mol. The van der Waals surface area contributed by atoms with E-state index < -0.39 is 0 Å². The summed E-state index contributed by atoms with van der Waals surface area (Å²) in [5, 5.41) is 18.5. The van der Waals surface area contributed by atoms with Crippen LogP contribution >= 0.6 is 0 Å². The topological polar surface area (TPSA) is 66.6 Å². The van der Waals surface area contributed by atoms with Crippen LogP contribution in [0.5, 0.6) is 5.75 Å². The summed E-state index contributed by atoms with van der Waals surface area (Å²) in [6.07, 6.45) is 1.79. The third-order valence-corrected chi connectivity index (χ3v) is 5.57. The van der Waals surface area contributed by atoms with E-state index in [1.807, 2.05) is 54.6 Å². The van der Waals surface area contributed by atoms with Crippen LogP contribution in [0.2, 0.25) is 0 Å². The Hall–Kier alpha value is -4.12. The van der Waals surface area contributed by atoms with Crippen LogP contribution < -0.4 is 5.43 Å². The summed E-state index contributed by atoms with van der Waals surface area (Å²) in [6, 6.07) is 27.7. The molecule has 1 heterocycles. The molecule has 0 unspecified atom stereocenters. The van der Waals surface area contributed by atoms with Crippen LogP contribution in [0.4, 0.5) is 0 Å². The van der Waals surface area contributed by atoms with Crippen molar-refractivity contribution in [2.24, 2.45) is 5.10 Å². The smallest absolute Gasteiger partial charge is 0.241 e. The van der Waals surface area contributed by atoms with Gasteiger partial charge in [0.25, 0.3) is 0 Å². The number of aromatic nitrogens is 1. The van der Waals surface area contributed by atoms with E-state index in [1.54, 1.807) is 6.07 Å². The molecule has 2 N–H and O–H groups in total. The lowest BCUT2D eigenvalue weighted by atomic mass is 10.0. The van der Waals surface area contributed by atoms with Crippen molar-refractivity contribution in [1.29, 1.82) is 0 Å². The van der Waals surface area contributed by atoms with Crippen molar-refractivity contribution in [3.8, 4) is 5.75 Å². The first-order valence-electron chi connectivity index (χ1n) is 10.2. The van der Waals surface area contributed by atoms with Crippen molar-refractivity contribution in [1.82, 2.24) is 9.99 Å². The lowest BCUT2D eigenvalue weighted by Crippen LogP contribution is -2.19. The number of rotatable bonds is 5. The van der Waals surface area contributed by atoms with Crippen molar-refractivity contribution in [2.75, 3.05) is 0 Å².